The number of aldehydes is 1. The summed E-state index contributed by atoms with van der Waals surface area (Å²) in [6.45, 7) is 0. The Labute approximate surface area is 79.8 Å². The molecule has 0 heterocycles. The summed E-state index contributed by atoms with van der Waals surface area (Å²) in [7, 11) is 0. The molecule has 0 atom stereocenters. The number of hydrogen-bond acceptors (Lipinski definition) is 2. The molecule has 0 spiro atoms. The zero-order chi connectivity index (χ0) is 11.6. The van der Waals surface area contributed by atoms with E-state index in [-0.39, 0.29) is 6.29 Å². The predicted octanol–water partition coefficient (Wildman–Crippen LogP) is 3.00. The maximum atomic E-state index is 12.9. The van der Waals surface area contributed by atoms with Crippen LogP contribution in [0.5, 0.6) is 0 Å². The largest absolute Gasteiger partial charge is 0.298 e. The Kier molecular flexibility index (Phi) is 2.91. The highest BCUT2D eigenvalue weighted by molar-refractivity contribution is 5.77. The third-order valence-electron chi connectivity index (χ3n) is 1.54. The van der Waals surface area contributed by atoms with Gasteiger partial charge in [0.2, 0.25) is 0 Å². The van der Waals surface area contributed by atoms with E-state index in [2.05, 4.69) is 5.11 Å². The normalized spacial score (nSPS) is 9.60. The van der Waals surface area contributed by atoms with Gasteiger partial charge in [-0.25, -0.2) is 17.6 Å². The lowest BCUT2D eigenvalue weighted by atomic mass is 10.1. The van der Waals surface area contributed by atoms with Crippen molar-refractivity contribution in [3.63, 3.8) is 0 Å². The van der Waals surface area contributed by atoms with Crippen molar-refractivity contribution in [3.05, 3.63) is 39.3 Å². The molecule has 0 radical (unpaired) electrons. The van der Waals surface area contributed by atoms with Gasteiger partial charge in [-0.2, -0.15) is 0 Å². The van der Waals surface area contributed by atoms with Crippen molar-refractivity contribution >= 4 is 12.0 Å². The van der Waals surface area contributed by atoms with Gasteiger partial charge in [0.1, 0.15) is 5.69 Å². The van der Waals surface area contributed by atoms with Gasteiger partial charge in [0, 0.05) is 4.91 Å². The second-order valence-corrected chi connectivity index (χ2v) is 2.33. The van der Waals surface area contributed by atoms with E-state index < -0.39 is 34.5 Å². The fourth-order valence-electron chi connectivity index (χ4n) is 0.873. The Bertz CT molecular complexity index is 453. The summed E-state index contributed by atoms with van der Waals surface area (Å²) in [6, 6.07) is 0. The van der Waals surface area contributed by atoms with Gasteiger partial charge in [0.05, 0.1) is 5.56 Å². The lowest BCUT2D eigenvalue weighted by Crippen LogP contribution is -2.02. The van der Waals surface area contributed by atoms with E-state index in [1.165, 1.54) is 0 Å². The molecule has 0 aromatic heterocycles. The monoisotopic (exact) mass is 219 g/mol. The first-order valence-electron chi connectivity index (χ1n) is 3.40. The van der Waals surface area contributed by atoms with E-state index in [0.717, 1.165) is 0 Å². The minimum atomic E-state index is -1.91. The van der Waals surface area contributed by atoms with Crippen LogP contribution in [0.2, 0.25) is 0 Å². The zero-order valence-electron chi connectivity index (χ0n) is 6.84. The average Bonchev–Trinajstić information content (AvgIpc) is 2.23. The van der Waals surface area contributed by atoms with Crippen molar-refractivity contribution in [2.24, 2.45) is 5.11 Å². The van der Waals surface area contributed by atoms with Crippen LogP contribution in [0.15, 0.2) is 5.11 Å². The summed E-state index contributed by atoms with van der Waals surface area (Å²) in [6.07, 6.45) is -0.378. The smallest absolute Gasteiger partial charge is 0.172 e. The van der Waals surface area contributed by atoms with E-state index in [1.807, 2.05) is 4.91 Å². The molecule has 0 unspecified atom stereocenters. The standard InChI is InChI=1S/C7HF4N3O/c8-3-2(1-15)4(9)6(11)7(5(3)10)13-14-12/h1H. The Morgan fingerprint density at radius 2 is 1.53 bits per heavy atom. The molecule has 1 aromatic carbocycles. The molecule has 0 aliphatic rings. The van der Waals surface area contributed by atoms with Crippen LogP contribution in [-0.2, 0) is 0 Å². The molecular weight excluding hydrogens is 218 g/mol. The number of rotatable bonds is 2. The minimum absolute atomic E-state index is 0.378. The highest BCUT2D eigenvalue weighted by Crippen LogP contribution is 2.29. The second kappa shape index (κ2) is 3.97. The molecule has 15 heavy (non-hydrogen) atoms. The van der Waals surface area contributed by atoms with Crippen LogP contribution in [0.25, 0.3) is 10.4 Å². The second-order valence-electron chi connectivity index (χ2n) is 2.33. The van der Waals surface area contributed by atoms with Crippen LogP contribution in [0.4, 0.5) is 23.2 Å². The number of carbonyl (C=O) groups excluding carboxylic acids is 1. The third-order valence-corrected chi connectivity index (χ3v) is 1.54. The molecular formula is C7HF4N3O. The lowest BCUT2D eigenvalue weighted by molar-refractivity contribution is 0.111. The maximum Gasteiger partial charge on any atom is 0.172 e. The summed E-state index contributed by atoms with van der Waals surface area (Å²) >= 11 is 0. The van der Waals surface area contributed by atoms with E-state index in [4.69, 9.17) is 5.53 Å². The van der Waals surface area contributed by atoms with Gasteiger partial charge in [-0.1, -0.05) is 5.11 Å². The van der Waals surface area contributed by atoms with E-state index in [9.17, 15) is 22.4 Å². The fourth-order valence-corrected chi connectivity index (χ4v) is 0.873. The first-order chi connectivity index (χ1) is 7.04. The number of benzene rings is 1. The van der Waals surface area contributed by atoms with Crippen molar-refractivity contribution < 1.29 is 22.4 Å². The van der Waals surface area contributed by atoms with Crippen molar-refractivity contribution in [3.8, 4) is 0 Å². The highest BCUT2D eigenvalue weighted by Gasteiger charge is 2.24. The quantitative estimate of drug-likeness (QED) is 0.188. The predicted molar refractivity (Wildman–Crippen MR) is 40.5 cm³/mol. The number of hydrogen-bond donors (Lipinski definition) is 0. The van der Waals surface area contributed by atoms with Gasteiger partial charge >= 0.3 is 0 Å². The fraction of sp³-hybridized carbons (Fsp3) is 0. The molecule has 8 heteroatoms. The summed E-state index contributed by atoms with van der Waals surface area (Å²) in [5.74, 6) is -7.61. The van der Waals surface area contributed by atoms with Crippen LogP contribution < -0.4 is 0 Å². The molecule has 78 valence electrons. The summed E-state index contributed by atoms with van der Waals surface area (Å²) in [5.41, 5.74) is 5.05. The Hall–Kier alpha value is -2.08. The van der Waals surface area contributed by atoms with Crippen LogP contribution in [0, 0.1) is 23.3 Å². The molecule has 0 saturated heterocycles. The lowest BCUT2D eigenvalue weighted by Gasteiger charge is -2.03. The van der Waals surface area contributed by atoms with Gasteiger partial charge in [-0.05, 0) is 5.53 Å². The molecule has 0 aliphatic heterocycles. The summed E-state index contributed by atoms with van der Waals surface area (Å²) in [4.78, 5) is 12.1. The van der Waals surface area contributed by atoms with Crippen molar-refractivity contribution in [1.82, 2.24) is 0 Å². The van der Waals surface area contributed by atoms with Crippen LogP contribution >= 0.6 is 0 Å². The third kappa shape index (κ3) is 1.62. The van der Waals surface area contributed by atoms with Crippen LogP contribution in [-0.4, -0.2) is 6.29 Å². The van der Waals surface area contributed by atoms with E-state index in [0.29, 0.717) is 0 Å². The molecule has 0 bridgehead atoms. The highest BCUT2D eigenvalue weighted by atomic mass is 19.2. The molecule has 0 aliphatic carbocycles. The van der Waals surface area contributed by atoms with Gasteiger partial charge < -0.3 is 0 Å². The summed E-state index contributed by atoms with van der Waals surface area (Å²) < 4.78 is 51.4. The van der Waals surface area contributed by atoms with Gasteiger partial charge in [0.15, 0.2) is 29.6 Å². The first-order valence-corrected chi connectivity index (χ1v) is 3.40. The van der Waals surface area contributed by atoms with Gasteiger partial charge in [0.25, 0.3) is 0 Å². The van der Waals surface area contributed by atoms with Crippen molar-refractivity contribution in [1.29, 1.82) is 0 Å². The molecule has 4 nitrogen and oxygen atoms in total. The first kappa shape index (κ1) is 11.0. The van der Waals surface area contributed by atoms with Crippen molar-refractivity contribution in [2.75, 3.05) is 0 Å². The molecule has 1 rings (SSSR count). The Morgan fingerprint density at radius 1 is 1.07 bits per heavy atom. The Balaban J connectivity index is 3.73. The van der Waals surface area contributed by atoms with Crippen LogP contribution in [0.1, 0.15) is 10.4 Å². The molecule has 0 fully saturated rings. The molecule has 0 amide bonds. The SMILES string of the molecule is [N-]=[N+]=Nc1c(F)c(F)c(C=O)c(F)c1F. The van der Waals surface area contributed by atoms with E-state index in [1.54, 1.807) is 0 Å². The number of carbonyl (C=O) groups is 1. The maximum absolute atomic E-state index is 12.9. The molecule has 0 saturated carbocycles. The zero-order valence-corrected chi connectivity index (χ0v) is 6.84. The number of nitrogens with zero attached hydrogens (tertiary/aromatic N) is 3. The van der Waals surface area contributed by atoms with E-state index >= 15 is 0 Å². The van der Waals surface area contributed by atoms with Crippen LogP contribution in [0.3, 0.4) is 0 Å². The topological polar surface area (TPSA) is 65.8 Å². The molecule has 1 aromatic rings. The van der Waals surface area contributed by atoms with Crippen molar-refractivity contribution in [2.45, 2.75) is 0 Å². The van der Waals surface area contributed by atoms with Gasteiger partial charge in [-0.3, -0.25) is 4.79 Å². The number of azide groups is 1. The number of halogens is 4. The minimum Gasteiger partial charge on any atom is -0.298 e. The average molecular weight is 219 g/mol. The molecule has 0 N–H and O–H groups in total. The van der Waals surface area contributed by atoms with Gasteiger partial charge in [-0.15, -0.1) is 0 Å². The Morgan fingerprint density at radius 3 is 1.87 bits per heavy atom. The summed E-state index contributed by atoms with van der Waals surface area (Å²) in [5, 5.41) is 2.44.